The lowest BCUT2D eigenvalue weighted by Crippen LogP contribution is -2.15. The van der Waals surface area contributed by atoms with Crippen LogP contribution < -0.4 is 9.47 Å². The van der Waals surface area contributed by atoms with Crippen molar-refractivity contribution < 1.29 is 23.7 Å². The van der Waals surface area contributed by atoms with Crippen LogP contribution in [-0.4, -0.2) is 51.3 Å². The molecule has 0 spiro atoms. The van der Waals surface area contributed by atoms with E-state index in [1.54, 1.807) is 32.0 Å². The minimum atomic E-state index is -0.537. The standard InChI is InChI=1S/C29H30ClN5O5/c1-4-39-29(36)18-15-31-34(16-18)13-12-24-28-33-32-27(17-8-9-17)35(28)22-11-10-19(30)14-21(22)25(40-24)20-6-5-7-23(37-2)26(20)38-3/h5-7,10-11,14-17,24-25H,4,8-9,12-13H2,1-3H3/t24-,25-/m1/s1. The maximum atomic E-state index is 12.2. The van der Waals surface area contributed by atoms with Gasteiger partial charge in [-0.3, -0.25) is 9.25 Å². The Morgan fingerprint density at radius 2 is 1.93 bits per heavy atom. The molecule has 40 heavy (non-hydrogen) atoms. The van der Waals surface area contributed by atoms with Crippen LogP contribution in [0.15, 0.2) is 48.8 Å². The van der Waals surface area contributed by atoms with E-state index < -0.39 is 18.2 Å². The van der Waals surface area contributed by atoms with Crippen LogP contribution in [0.2, 0.25) is 5.02 Å². The number of fused-ring (bicyclic) bond motifs is 3. The normalized spacial score (nSPS) is 18.0. The number of rotatable bonds is 9. The summed E-state index contributed by atoms with van der Waals surface area (Å²) in [7, 11) is 3.23. The molecule has 11 heteroatoms. The molecule has 0 radical (unpaired) electrons. The highest BCUT2D eigenvalue weighted by atomic mass is 35.5. The fraction of sp³-hybridized carbons (Fsp3) is 0.379. The number of ether oxygens (including phenoxy) is 4. The molecule has 0 saturated heterocycles. The van der Waals surface area contributed by atoms with Gasteiger partial charge in [-0.25, -0.2) is 4.79 Å². The van der Waals surface area contributed by atoms with Gasteiger partial charge in [-0.1, -0.05) is 23.7 Å². The van der Waals surface area contributed by atoms with Gasteiger partial charge in [0, 0.05) is 41.2 Å². The molecule has 2 aliphatic rings. The van der Waals surface area contributed by atoms with E-state index in [4.69, 9.17) is 30.5 Å². The van der Waals surface area contributed by atoms with Gasteiger partial charge in [0.05, 0.1) is 38.3 Å². The van der Waals surface area contributed by atoms with Gasteiger partial charge in [0.2, 0.25) is 0 Å². The van der Waals surface area contributed by atoms with Crippen molar-refractivity contribution in [2.24, 2.45) is 0 Å². The average Bonchev–Trinajstić information content (AvgIpc) is 3.57. The summed E-state index contributed by atoms with van der Waals surface area (Å²) in [4.78, 5) is 12.2. The Bertz CT molecular complexity index is 1550. The molecule has 0 bridgehead atoms. The molecule has 6 rings (SSSR count). The number of carbonyl (C=O) groups excluding carboxylic acids is 1. The Labute approximate surface area is 236 Å². The molecule has 10 nitrogen and oxygen atoms in total. The molecule has 1 aliphatic heterocycles. The fourth-order valence-electron chi connectivity index (χ4n) is 5.22. The van der Waals surface area contributed by atoms with Gasteiger partial charge in [0.25, 0.3) is 0 Å². The second kappa shape index (κ2) is 10.9. The van der Waals surface area contributed by atoms with Gasteiger partial charge in [0.15, 0.2) is 17.3 Å². The zero-order chi connectivity index (χ0) is 27.8. The summed E-state index contributed by atoms with van der Waals surface area (Å²) in [5, 5.41) is 14.2. The van der Waals surface area contributed by atoms with Crippen molar-refractivity contribution in [3.05, 3.63) is 82.2 Å². The van der Waals surface area contributed by atoms with Crippen molar-refractivity contribution >= 4 is 17.6 Å². The third kappa shape index (κ3) is 4.82. The van der Waals surface area contributed by atoms with E-state index in [1.807, 2.05) is 36.4 Å². The van der Waals surface area contributed by atoms with Crippen LogP contribution in [0.25, 0.3) is 5.69 Å². The first-order valence-corrected chi connectivity index (χ1v) is 13.7. The maximum absolute atomic E-state index is 12.2. The third-order valence-electron chi connectivity index (χ3n) is 7.24. The summed E-state index contributed by atoms with van der Waals surface area (Å²) in [5.74, 6) is 2.79. The number of benzene rings is 2. The topological polar surface area (TPSA) is 103 Å². The molecule has 1 fully saturated rings. The lowest BCUT2D eigenvalue weighted by Gasteiger charge is -2.25. The number of hydrogen-bond acceptors (Lipinski definition) is 8. The first-order chi connectivity index (χ1) is 19.5. The number of carbonyl (C=O) groups is 1. The van der Waals surface area contributed by atoms with Crippen LogP contribution in [0.5, 0.6) is 11.5 Å². The largest absolute Gasteiger partial charge is 0.493 e. The molecule has 2 aromatic carbocycles. The van der Waals surface area contributed by atoms with Gasteiger partial charge < -0.3 is 18.9 Å². The predicted molar refractivity (Wildman–Crippen MR) is 146 cm³/mol. The number of para-hydroxylation sites is 1. The first-order valence-electron chi connectivity index (χ1n) is 13.3. The minimum Gasteiger partial charge on any atom is -0.493 e. The molecule has 1 saturated carbocycles. The fourth-order valence-corrected chi connectivity index (χ4v) is 5.40. The quantitative estimate of drug-likeness (QED) is 0.248. The summed E-state index contributed by atoms with van der Waals surface area (Å²) in [5.41, 5.74) is 3.02. The van der Waals surface area contributed by atoms with E-state index in [1.165, 1.54) is 6.20 Å². The summed E-state index contributed by atoms with van der Waals surface area (Å²) >= 11 is 6.56. The molecule has 0 amide bonds. The molecule has 2 aromatic heterocycles. The van der Waals surface area contributed by atoms with E-state index in [9.17, 15) is 4.79 Å². The third-order valence-corrected chi connectivity index (χ3v) is 7.47. The van der Waals surface area contributed by atoms with E-state index >= 15 is 0 Å². The lowest BCUT2D eigenvalue weighted by molar-refractivity contribution is -0.00438. The molecule has 208 valence electrons. The highest BCUT2D eigenvalue weighted by molar-refractivity contribution is 6.30. The minimum absolute atomic E-state index is 0.304. The lowest BCUT2D eigenvalue weighted by atomic mass is 9.98. The highest BCUT2D eigenvalue weighted by Crippen LogP contribution is 2.48. The van der Waals surface area contributed by atoms with Crippen LogP contribution >= 0.6 is 11.6 Å². The predicted octanol–water partition coefficient (Wildman–Crippen LogP) is 5.44. The Hall–Kier alpha value is -3.89. The summed E-state index contributed by atoms with van der Waals surface area (Å²) in [6.07, 6.45) is 4.88. The van der Waals surface area contributed by atoms with Crippen molar-refractivity contribution in [3.63, 3.8) is 0 Å². The van der Waals surface area contributed by atoms with E-state index in [-0.39, 0.29) is 0 Å². The van der Waals surface area contributed by atoms with Crippen LogP contribution in [-0.2, 0) is 16.0 Å². The maximum Gasteiger partial charge on any atom is 0.341 e. The number of halogens is 1. The molecule has 0 N–H and O–H groups in total. The Balaban J connectivity index is 1.43. The van der Waals surface area contributed by atoms with Gasteiger partial charge in [-0.05, 0) is 44.0 Å². The van der Waals surface area contributed by atoms with Crippen molar-refractivity contribution in [2.45, 2.75) is 50.9 Å². The molecule has 3 heterocycles. The molecule has 4 aromatic rings. The Kier molecular flexibility index (Phi) is 7.20. The number of esters is 1. The summed E-state index contributed by atoms with van der Waals surface area (Å²) < 4.78 is 27.3. The zero-order valence-electron chi connectivity index (χ0n) is 22.5. The number of nitrogens with zero attached hydrogens (tertiary/aromatic N) is 5. The number of aryl methyl sites for hydroxylation is 1. The van der Waals surface area contributed by atoms with Crippen molar-refractivity contribution in [1.82, 2.24) is 24.5 Å². The number of methoxy groups -OCH3 is 2. The molecular weight excluding hydrogens is 534 g/mol. The smallest absolute Gasteiger partial charge is 0.341 e. The van der Waals surface area contributed by atoms with Gasteiger partial charge in [0.1, 0.15) is 18.0 Å². The Morgan fingerprint density at radius 3 is 2.67 bits per heavy atom. The SMILES string of the molecule is CCOC(=O)c1cnn(CC[C@H]2O[C@H](c3cccc(OC)c3OC)c3cc(Cl)ccc3-n3c(C4CC4)nnc32)c1. The van der Waals surface area contributed by atoms with Crippen molar-refractivity contribution in [1.29, 1.82) is 0 Å². The van der Waals surface area contributed by atoms with E-state index in [0.29, 0.717) is 53.4 Å². The number of hydrogen-bond donors (Lipinski definition) is 0. The molecule has 0 unspecified atom stereocenters. The van der Waals surface area contributed by atoms with Gasteiger partial charge >= 0.3 is 5.97 Å². The second-order valence-electron chi connectivity index (χ2n) is 9.82. The second-order valence-corrected chi connectivity index (χ2v) is 10.3. The van der Waals surface area contributed by atoms with E-state index in [0.717, 1.165) is 35.5 Å². The first kappa shape index (κ1) is 26.3. The summed E-state index contributed by atoms with van der Waals surface area (Å²) in [6, 6.07) is 11.6. The van der Waals surface area contributed by atoms with Crippen LogP contribution in [0, 0.1) is 0 Å². The van der Waals surface area contributed by atoms with E-state index in [2.05, 4.69) is 19.9 Å². The molecule has 1 aliphatic carbocycles. The van der Waals surface area contributed by atoms with Crippen molar-refractivity contribution in [2.75, 3.05) is 20.8 Å². The zero-order valence-corrected chi connectivity index (χ0v) is 23.3. The Morgan fingerprint density at radius 1 is 1.10 bits per heavy atom. The average molecular weight is 564 g/mol. The van der Waals surface area contributed by atoms with Gasteiger partial charge in [-0.15, -0.1) is 10.2 Å². The molecule has 2 atom stereocenters. The van der Waals surface area contributed by atoms with Crippen LogP contribution in [0.3, 0.4) is 0 Å². The summed E-state index contributed by atoms with van der Waals surface area (Å²) in [6.45, 7) is 2.56. The van der Waals surface area contributed by atoms with Crippen LogP contribution in [0.4, 0.5) is 0 Å². The highest BCUT2D eigenvalue weighted by Gasteiger charge is 2.38. The monoisotopic (exact) mass is 563 g/mol. The van der Waals surface area contributed by atoms with Crippen molar-refractivity contribution in [3.8, 4) is 17.2 Å². The molecular formula is C29H30ClN5O5. The number of aromatic nitrogens is 5. The van der Waals surface area contributed by atoms with Gasteiger partial charge in [-0.2, -0.15) is 5.10 Å². The van der Waals surface area contributed by atoms with Crippen LogP contribution in [0.1, 0.15) is 77.4 Å².